The highest BCUT2D eigenvalue weighted by Gasteiger charge is 2.28. The van der Waals surface area contributed by atoms with Crippen LogP contribution in [0, 0.1) is 0 Å². The van der Waals surface area contributed by atoms with E-state index in [1.165, 1.54) is 19.3 Å². The fourth-order valence-electron chi connectivity index (χ4n) is 2.81. The molecule has 17 heavy (non-hydrogen) atoms. The Morgan fingerprint density at radius 1 is 1.53 bits per heavy atom. The van der Waals surface area contributed by atoms with Crippen molar-refractivity contribution in [3.05, 3.63) is 0 Å². The minimum atomic E-state index is -0.683. The number of hydrogen-bond acceptors (Lipinski definition) is 3. The van der Waals surface area contributed by atoms with Crippen LogP contribution in [0.15, 0.2) is 0 Å². The van der Waals surface area contributed by atoms with Crippen molar-refractivity contribution >= 4 is 10.8 Å². The molecule has 1 rings (SSSR count). The van der Waals surface area contributed by atoms with Gasteiger partial charge in [0.05, 0.1) is 0 Å². The lowest BCUT2D eigenvalue weighted by Gasteiger charge is -2.41. The van der Waals surface area contributed by atoms with E-state index in [9.17, 15) is 4.21 Å². The Morgan fingerprint density at radius 3 is 2.76 bits per heavy atom. The van der Waals surface area contributed by atoms with Crippen LogP contribution < -0.4 is 5.32 Å². The number of rotatable bonds is 6. The summed E-state index contributed by atoms with van der Waals surface area (Å²) >= 11 is 0. The Hall–Kier alpha value is 0.0700. The zero-order valence-corrected chi connectivity index (χ0v) is 12.6. The van der Waals surface area contributed by atoms with Crippen LogP contribution in [0.1, 0.15) is 40.0 Å². The van der Waals surface area contributed by atoms with Crippen molar-refractivity contribution < 1.29 is 4.21 Å². The maximum absolute atomic E-state index is 11.3. The standard InChI is InChI=1S/C13H28N2OS/c1-5-7-14-13-6-8-15(11(2)9-13)12(3)10-17(4)16/h11-14H,5-10H2,1-4H3. The fourth-order valence-corrected chi connectivity index (χ4v) is 3.69. The van der Waals surface area contributed by atoms with E-state index in [1.54, 1.807) is 6.26 Å². The van der Waals surface area contributed by atoms with E-state index < -0.39 is 10.8 Å². The molecule has 0 radical (unpaired) electrons. The van der Waals surface area contributed by atoms with Crippen molar-refractivity contribution in [2.24, 2.45) is 0 Å². The summed E-state index contributed by atoms with van der Waals surface area (Å²) in [5.74, 6) is 0.803. The third kappa shape index (κ3) is 5.06. The first kappa shape index (κ1) is 15.1. The Morgan fingerprint density at radius 2 is 2.24 bits per heavy atom. The third-order valence-electron chi connectivity index (χ3n) is 3.65. The van der Waals surface area contributed by atoms with Crippen molar-refractivity contribution in [2.45, 2.75) is 58.2 Å². The lowest BCUT2D eigenvalue weighted by molar-refractivity contribution is 0.105. The molecule has 0 aromatic rings. The molecule has 3 nitrogen and oxygen atoms in total. The Balaban J connectivity index is 2.39. The highest BCUT2D eigenvalue weighted by Crippen LogP contribution is 2.20. The zero-order chi connectivity index (χ0) is 12.8. The molecular weight excluding hydrogens is 232 g/mol. The molecule has 1 heterocycles. The maximum atomic E-state index is 11.3. The Kier molecular flexibility index (Phi) is 6.67. The van der Waals surface area contributed by atoms with Crippen molar-refractivity contribution in [3.63, 3.8) is 0 Å². The first-order chi connectivity index (χ1) is 8.04. The normalized spacial score (nSPS) is 30.1. The van der Waals surface area contributed by atoms with Crippen LogP contribution in [-0.4, -0.2) is 52.3 Å². The van der Waals surface area contributed by atoms with Gasteiger partial charge in [-0.05, 0) is 39.7 Å². The fraction of sp³-hybridized carbons (Fsp3) is 1.00. The molecule has 102 valence electrons. The molecule has 0 aliphatic carbocycles. The lowest BCUT2D eigenvalue weighted by atomic mass is 9.97. The third-order valence-corrected chi connectivity index (χ3v) is 4.60. The molecule has 0 amide bonds. The SMILES string of the molecule is CCCNC1CCN(C(C)CS(C)=O)C(C)C1. The van der Waals surface area contributed by atoms with Crippen LogP contribution in [0.4, 0.5) is 0 Å². The average molecular weight is 260 g/mol. The van der Waals surface area contributed by atoms with E-state index in [2.05, 4.69) is 31.0 Å². The van der Waals surface area contributed by atoms with Crippen molar-refractivity contribution in [3.8, 4) is 0 Å². The number of nitrogens with zero attached hydrogens (tertiary/aromatic N) is 1. The van der Waals surface area contributed by atoms with Crippen LogP contribution in [0.2, 0.25) is 0 Å². The summed E-state index contributed by atoms with van der Waals surface area (Å²) in [6.45, 7) is 8.99. The van der Waals surface area contributed by atoms with Gasteiger partial charge in [0.25, 0.3) is 0 Å². The monoisotopic (exact) mass is 260 g/mol. The van der Waals surface area contributed by atoms with E-state index in [0.717, 1.165) is 18.8 Å². The summed E-state index contributed by atoms with van der Waals surface area (Å²) in [4.78, 5) is 2.52. The molecule has 0 saturated carbocycles. The van der Waals surface area contributed by atoms with E-state index >= 15 is 0 Å². The topological polar surface area (TPSA) is 32.3 Å². The molecule has 1 N–H and O–H groups in total. The lowest BCUT2D eigenvalue weighted by Crippen LogP contribution is -2.51. The predicted molar refractivity (Wildman–Crippen MR) is 75.9 cm³/mol. The van der Waals surface area contributed by atoms with Gasteiger partial charge in [0.15, 0.2) is 0 Å². The molecule has 4 heteroatoms. The quantitative estimate of drug-likeness (QED) is 0.787. The van der Waals surface area contributed by atoms with E-state index in [4.69, 9.17) is 0 Å². The number of hydrogen-bond donors (Lipinski definition) is 1. The number of likely N-dealkylation sites (tertiary alicyclic amines) is 1. The van der Waals surface area contributed by atoms with E-state index in [0.29, 0.717) is 18.1 Å². The molecule has 1 aliphatic rings. The zero-order valence-electron chi connectivity index (χ0n) is 11.7. The van der Waals surface area contributed by atoms with Crippen LogP contribution in [0.25, 0.3) is 0 Å². The second kappa shape index (κ2) is 7.49. The van der Waals surface area contributed by atoms with Crippen LogP contribution >= 0.6 is 0 Å². The predicted octanol–water partition coefficient (Wildman–Crippen LogP) is 1.61. The first-order valence-electron chi connectivity index (χ1n) is 6.83. The molecule has 1 aliphatic heterocycles. The second-order valence-electron chi connectivity index (χ2n) is 5.35. The summed E-state index contributed by atoms with van der Waals surface area (Å²) in [5, 5.41) is 3.62. The Bertz CT molecular complexity index is 248. The molecular formula is C13H28N2OS. The molecule has 0 spiro atoms. The van der Waals surface area contributed by atoms with Crippen molar-refractivity contribution in [1.29, 1.82) is 0 Å². The summed E-state index contributed by atoms with van der Waals surface area (Å²) in [6, 6.07) is 1.74. The molecule has 0 aromatic heterocycles. The van der Waals surface area contributed by atoms with Gasteiger partial charge in [0, 0.05) is 47.5 Å². The van der Waals surface area contributed by atoms with Crippen molar-refractivity contribution in [2.75, 3.05) is 25.1 Å². The summed E-state index contributed by atoms with van der Waals surface area (Å²) in [6.07, 6.45) is 5.46. The van der Waals surface area contributed by atoms with Crippen LogP contribution in [0.3, 0.4) is 0 Å². The molecule has 1 saturated heterocycles. The van der Waals surface area contributed by atoms with Gasteiger partial charge in [0.2, 0.25) is 0 Å². The van der Waals surface area contributed by atoms with Gasteiger partial charge in [-0.2, -0.15) is 0 Å². The summed E-state index contributed by atoms with van der Waals surface area (Å²) in [5.41, 5.74) is 0. The van der Waals surface area contributed by atoms with Crippen LogP contribution in [-0.2, 0) is 10.8 Å². The van der Waals surface area contributed by atoms with Gasteiger partial charge >= 0.3 is 0 Å². The van der Waals surface area contributed by atoms with Gasteiger partial charge in [0.1, 0.15) is 0 Å². The highest BCUT2D eigenvalue weighted by atomic mass is 32.2. The maximum Gasteiger partial charge on any atom is 0.0385 e. The molecule has 1 fully saturated rings. The van der Waals surface area contributed by atoms with Gasteiger partial charge < -0.3 is 5.32 Å². The van der Waals surface area contributed by atoms with Crippen molar-refractivity contribution in [1.82, 2.24) is 10.2 Å². The van der Waals surface area contributed by atoms with Gasteiger partial charge in [-0.15, -0.1) is 0 Å². The first-order valence-corrected chi connectivity index (χ1v) is 8.56. The number of nitrogens with one attached hydrogen (secondary N) is 1. The minimum Gasteiger partial charge on any atom is -0.314 e. The van der Waals surface area contributed by atoms with Gasteiger partial charge in [-0.1, -0.05) is 6.92 Å². The number of piperidine rings is 1. The molecule has 0 bridgehead atoms. The van der Waals surface area contributed by atoms with Gasteiger partial charge in [-0.25, -0.2) is 0 Å². The molecule has 4 atom stereocenters. The smallest absolute Gasteiger partial charge is 0.0385 e. The molecule has 0 aromatic carbocycles. The highest BCUT2D eigenvalue weighted by molar-refractivity contribution is 7.84. The van der Waals surface area contributed by atoms with E-state index in [-0.39, 0.29) is 0 Å². The second-order valence-corrected chi connectivity index (χ2v) is 6.83. The van der Waals surface area contributed by atoms with Crippen LogP contribution in [0.5, 0.6) is 0 Å². The van der Waals surface area contributed by atoms with Gasteiger partial charge in [-0.3, -0.25) is 9.11 Å². The summed E-state index contributed by atoms with van der Waals surface area (Å²) in [7, 11) is -0.683. The average Bonchev–Trinajstić information content (AvgIpc) is 2.25. The molecule has 4 unspecified atom stereocenters. The largest absolute Gasteiger partial charge is 0.314 e. The minimum absolute atomic E-state index is 0.447. The summed E-state index contributed by atoms with van der Waals surface area (Å²) < 4.78 is 11.3. The van der Waals surface area contributed by atoms with E-state index in [1.807, 2.05) is 0 Å². The Labute approximate surface area is 109 Å².